The van der Waals surface area contributed by atoms with Crippen molar-refractivity contribution in [3.05, 3.63) is 35.9 Å². The highest BCUT2D eigenvalue weighted by Crippen LogP contribution is 2.37. The molecular formula is C25H34N2O6. The molecule has 2 fully saturated rings. The topological polar surface area (TPSA) is 102 Å². The van der Waals surface area contributed by atoms with Crippen LogP contribution in [-0.4, -0.2) is 66.4 Å². The molecule has 0 radical (unpaired) electrons. The summed E-state index contributed by atoms with van der Waals surface area (Å²) in [6, 6.07) is 9.33. The van der Waals surface area contributed by atoms with E-state index in [0.29, 0.717) is 25.8 Å². The predicted molar refractivity (Wildman–Crippen MR) is 121 cm³/mol. The molecule has 1 unspecified atom stereocenters. The van der Waals surface area contributed by atoms with Crippen LogP contribution in [0.1, 0.15) is 51.5 Å². The van der Waals surface area contributed by atoms with Crippen molar-refractivity contribution in [1.82, 2.24) is 10.2 Å². The second-order valence-electron chi connectivity index (χ2n) is 9.01. The van der Waals surface area contributed by atoms with E-state index in [0.717, 1.165) is 24.9 Å². The third-order valence-electron chi connectivity index (χ3n) is 6.80. The zero-order valence-corrected chi connectivity index (χ0v) is 19.7. The molecule has 33 heavy (non-hydrogen) atoms. The van der Waals surface area contributed by atoms with Gasteiger partial charge < -0.3 is 19.7 Å². The van der Waals surface area contributed by atoms with Gasteiger partial charge >= 0.3 is 11.9 Å². The Bertz CT molecular complexity index is 867. The normalized spacial score (nSPS) is 24.2. The number of ether oxygens (including phenoxy) is 2. The summed E-state index contributed by atoms with van der Waals surface area (Å²) in [6.45, 7) is 4.13. The van der Waals surface area contributed by atoms with Crippen LogP contribution in [0.15, 0.2) is 30.3 Å². The first-order chi connectivity index (χ1) is 15.8. The summed E-state index contributed by atoms with van der Waals surface area (Å²) >= 11 is 0. The summed E-state index contributed by atoms with van der Waals surface area (Å²) in [5.74, 6) is -2.35. The standard InChI is InChI=1S/C25H34N2O6/c1-17(33-18(2)28)20(24(31)32-3)15-22(29)25(16-19-9-5-4-6-10-19)12-8-14-27(25)23(30)21-11-7-13-26-21/h4-6,9-10,17,20-21,26H,7-8,11-16H2,1-3H3/t17-,20+,21+,25?/m1/s1. The lowest BCUT2D eigenvalue weighted by Crippen LogP contribution is -2.58. The van der Waals surface area contributed by atoms with Crippen molar-refractivity contribution in [3.8, 4) is 0 Å². The highest BCUT2D eigenvalue weighted by molar-refractivity contribution is 5.97. The third-order valence-corrected chi connectivity index (χ3v) is 6.80. The number of nitrogens with one attached hydrogen (secondary N) is 1. The Hall–Kier alpha value is -2.74. The SMILES string of the molecule is COC(=O)[C@@H](CC(=O)C1(Cc2ccccc2)CCCN1C(=O)[C@@H]1CCCN1)[C@@H](C)OC(C)=O. The number of likely N-dealkylation sites (tertiary alicyclic amines) is 1. The Labute approximate surface area is 195 Å². The quantitative estimate of drug-likeness (QED) is 0.565. The van der Waals surface area contributed by atoms with Gasteiger partial charge in [-0.2, -0.15) is 0 Å². The number of benzene rings is 1. The number of rotatable bonds is 9. The van der Waals surface area contributed by atoms with Crippen LogP contribution in [0, 0.1) is 5.92 Å². The molecule has 4 atom stereocenters. The van der Waals surface area contributed by atoms with Crippen molar-refractivity contribution >= 4 is 23.6 Å². The first-order valence-electron chi connectivity index (χ1n) is 11.7. The van der Waals surface area contributed by atoms with Gasteiger partial charge in [-0.3, -0.25) is 19.2 Å². The van der Waals surface area contributed by atoms with Crippen LogP contribution < -0.4 is 5.32 Å². The van der Waals surface area contributed by atoms with Crippen molar-refractivity contribution in [2.75, 3.05) is 20.2 Å². The Morgan fingerprint density at radius 3 is 2.52 bits per heavy atom. The van der Waals surface area contributed by atoms with Gasteiger partial charge in [0.1, 0.15) is 17.6 Å². The zero-order chi connectivity index (χ0) is 24.0. The minimum atomic E-state index is -1.05. The van der Waals surface area contributed by atoms with Crippen LogP contribution in [-0.2, 0) is 35.1 Å². The van der Waals surface area contributed by atoms with Gasteiger partial charge in [-0.15, -0.1) is 0 Å². The Kier molecular flexibility index (Phi) is 8.24. The summed E-state index contributed by atoms with van der Waals surface area (Å²) in [4.78, 5) is 53.2. The number of amides is 1. The molecule has 8 nitrogen and oxygen atoms in total. The number of carbonyl (C=O) groups excluding carboxylic acids is 4. The number of nitrogens with zero attached hydrogens (tertiary/aromatic N) is 1. The van der Waals surface area contributed by atoms with Crippen LogP contribution in [0.5, 0.6) is 0 Å². The van der Waals surface area contributed by atoms with Crippen molar-refractivity contribution in [2.45, 2.75) is 70.1 Å². The van der Waals surface area contributed by atoms with E-state index in [1.165, 1.54) is 14.0 Å². The van der Waals surface area contributed by atoms with Gasteiger partial charge in [-0.1, -0.05) is 30.3 Å². The fourth-order valence-electron chi connectivity index (χ4n) is 5.11. The molecule has 2 aliphatic heterocycles. The fraction of sp³-hybridized carbons (Fsp3) is 0.600. The number of methoxy groups -OCH3 is 1. The Balaban J connectivity index is 1.93. The lowest BCUT2D eigenvalue weighted by Gasteiger charge is -2.40. The molecular weight excluding hydrogens is 424 g/mol. The maximum absolute atomic E-state index is 14.0. The van der Waals surface area contributed by atoms with Gasteiger partial charge in [0.2, 0.25) is 5.91 Å². The lowest BCUT2D eigenvalue weighted by atomic mass is 9.79. The van der Waals surface area contributed by atoms with E-state index in [1.54, 1.807) is 11.8 Å². The van der Waals surface area contributed by atoms with Crippen LogP contribution in [0.3, 0.4) is 0 Å². The number of Topliss-reactive ketones (excluding diaryl/α,β-unsaturated/α-hetero) is 1. The van der Waals surface area contributed by atoms with Crippen molar-refractivity contribution < 1.29 is 28.7 Å². The van der Waals surface area contributed by atoms with E-state index >= 15 is 0 Å². The van der Waals surface area contributed by atoms with Crippen LogP contribution in [0.4, 0.5) is 0 Å². The van der Waals surface area contributed by atoms with Gasteiger partial charge in [0.05, 0.1) is 13.2 Å². The van der Waals surface area contributed by atoms with E-state index in [4.69, 9.17) is 9.47 Å². The Morgan fingerprint density at radius 2 is 1.91 bits per heavy atom. The summed E-state index contributed by atoms with van der Waals surface area (Å²) in [6.07, 6.45) is 2.29. The molecule has 1 aromatic carbocycles. The van der Waals surface area contributed by atoms with Gasteiger partial charge in [-0.25, -0.2) is 0 Å². The predicted octanol–water partition coefficient (Wildman–Crippen LogP) is 2.04. The van der Waals surface area contributed by atoms with E-state index < -0.39 is 29.5 Å². The highest BCUT2D eigenvalue weighted by Gasteiger charge is 2.51. The van der Waals surface area contributed by atoms with E-state index in [1.807, 2.05) is 30.3 Å². The molecule has 1 N–H and O–H groups in total. The third kappa shape index (κ3) is 5.61. The second kappa shape index (κ2) is 10.9. The monoisotopic (exact) mass is 458 g/mol. The van der Waals surface area contributed by atoms with Crippen molar-refractivity contribution in [3.63, 3.8) is 0 Å². The maximum Gasteiger partial charge on any atom is 0.312 e. The molecule has 0 spiro atoms. The molecule has 0 aliphatic carbocycles. The molecule has 0 saturated carbocycles. The van der Waals surface area contributed by atoms with E-state index in [9.17, 15) is 19.2 Å². The number of esters is 2. The number of hydrogen-bond donors (Lipinski definition) is 1. The number of carbonyl (C=O) groups is 4. The molecule has 0 bridgehead atoms. The molecule has 2 aliphatic rings. The first kappa shape index (κ1) is 24.9. The molecule has 3 rings (SSSR count). The summed E-state index contributed by atoms with van der Waals surface area (Å²) in [5, 5.41) is 3.25. The summed E-state index contributed by atoms with van der Waals surface area (Å²) in [7, 11) is 1.25. The van der Waals surface area contributed by atoms with Crippen LogP contribution >= 0.6 is 0 Å². The zero-order valence-electron chi connectivity index (χ0n) is 19.7. The van der Waals surface area contributed by atoms with E-state index in [-0.39, 0.29) is 24.2 Å². The first-order valence-corrected chi connectivity index (χ1v) is 11.7. The maximum atomic E-state index is 14.0. The average Bonchev–Trinajstić information content (AvgIpc) is 3.47. The van der Waals surface area contributed by atoms with Gasteiger partial charge in [-0.05, 0) is 44.7 Å². The highest BCUT2D eigenvalue weighted by atomic mass is 16.6. The summed E-state index contributed by atoms with van der Waals surface area (Å²) < 4.78 is 10.1. The number of ketones is 1. The largest absolute Gasteiger partial charge is 0.469 e. The smallest absolute Gasteiger partial charge is 0.312 e. The summed E-state index contributed by atoms with van der Waals surface area (Å²) in [5.41, 5.74) is -0.0992. The number of hydrogen-bond acceptors (Lipinski definition) is 7. The van der Waals surface area contributed by atoms with Gasteiger partial charge in [0.15, 0.2) is 5.78 Å². The fourth-order valence-corrected chi connectivity index (χ4v) is 5.11. The average molecular weight is 459 g/mol. The van der Waals surface area contributed by atoms with Crippen molar-refractivity contribution in [2.24, 2.45) is 5.92 Å². The molecule has 1 aromatic rings. The van der Waals surface area contributed by atoms with Gasteiger partial charge in [0, 0.05) is 26.3 Å². The molecule has 8 heteroatoms. The van der Waals surface area contributed by atoms with Crippen LogP contribution in [0.25, 0.3) is 0 Å². The Morgan fingerprint density at radius 1 is 1.18 bits per heavy atom. The minimum absolute atomic E-state index is 0.0584. The minimum Gasteiger partial charge on any atom is -0.469 e. The van der Waals surface area contributed by atoms with Gasteiger partial charge in [0.25, 0.3) is 0 Å². The molecule has 1 amide bonds. The van der Waals surface area contributed by atoms with E-state index in [2.05, 4.69) is 5.32 Å². The molecule has 0 aromatic heterocycles. The second-order valence-corrected chi connectivity index (χ2v) is 9.01. The van der Waals surface area contributed by atoms with Crippen molar-refractivity contribution in [1.29, 1.82) is 0 Å². The molecule has 2 saturated heterocycles. The lowest BCUT2D eigenvalue weighted by molar-refractivity contribution is -0.160. The molecule has 180 valence electrons. The van der Waals surface area contributed by atoms with Crippen LogP contribution in [0.2, 0.25) is 0 Å². The molecule has 2 heterocycles.